The number of carbonyl (C=O) groups is 1. The Morgan fingerprint density at radius 1 is 1.36 bits per heavy atom. The van der Waals surface area contributed by atoms with Gasteiger partial charge in [-0.3, -0.25) is 4.79 Å². The first-order chi connectivity index (χ1) is 10.2. The van der Waals surface area contributed by atoms with Gasteiger partial charge in [0.1, 0.15) is 0 Å². The molecule has 5 heteroatoms. The third kappa shape index (κ3) is 2.82. The third-order valence-electron chi connectivity index (χ3n) is 5.20. The lowest BCUT2D eigenvalue weighted by atomic mass is 9.60. The lowest BCUT2D eigenvalue weighted by Gasteiger charge is -2.54. The average molecular weight is 325 g/mol. The predicted octanol–water partition coefficient (Wildman–Crippen LogP) is 3.16. The SMILES string of the molecule is CCOC1CC(NC(=O)c2ccccc2N)C12CCCC2.Cl. The number of amides is 1. The zero-order valence-electron chi connectivity index (χ0n) is 13.0. The molecule has 122 valence electrons. The summed E-state index contributed by atoms with van der Waals surface area (Å²) in [6.45, 7) is 2.79. The van der Waals surface area contributed by atoms with Crippen molar-refractivity contribution >= 4 is 24.0 Å². The van der Waals surface area contributed by atoms with E-state index in [1.54, 1.807) is 12.1 Å². The summed E-state index contributed by atoms with van der Waals surface area (Å²) in [6, 6.07) is 7.47. The van der Waals surface area contributed by atoms with Gasteiger partial charge in [0, 0.05) is 23.8 Å². The van der Waals surface area contributed by atoms with Gasteiger partial charge in [0.05, 0.1) is 11.7 Å². The number of nitrogen functional groups attached to an aromatic ring is 1. The lowest BCUT2D eigenvalue weighted by Crippen LogP contribution is -2.63. The molecular weight excluding hydrogens is 300 g/mol. The summed E-state index contributed by atoms with van der Waals surface area (Å²) in [4.78, 5) is 12.4. The van der Waals surface area contributed by atoms with Crippen LogP contribution in [0.1, 0.15) is 49.4 Å². The molecule has 1 amide bonds. The maximum absolute atomic E-state index is 12.4. The van der Waals surface area contributed by atoms with Crippen LogP contribution in [0.5, 0.6) is 0 Å². The second-order valence-corrected chi connectivity index (χ2v) is 6.23. The third-order valence-corrected chi connectivity index (χ3v) is 5.20. The maximum atomic E-state index is 12.4. The van der Waals surface area contributed by atoms with E-state index in [-0.39, 0.29) is 29.8 Å². The first-order valence-electron chi connectivity index (χ1n) is 7.94. The molecule has 1 spiro atoms. The summed E-state index contributed by atoms with van der Waals surface area (Å²) in [5.41, 5.74) is 7.17. The van der Waals surface area contributed by atoms with Gasteiger partial charge in [0.25, 0.3) is 5.91 Å². The average Bonchev–Trinajstić information content (AvgIpc) is 2.99. The first-order valence-corrected chi connectivity index (χ1v) is 7.94. The van der Waals surface area contributed by atoms with Crippen LogP contribution in [-0.2, 0) is 4.74 Å². The normalized spacial score (nSPS) is 25.3. The molecule has 2 saturated carbocycles. The lowest BCUT2D eigenvalue weighted by molar-refractivity contribution is -0.127. The number of nitrogens with one attached hydrogen (secondary N) is 1. The highest BCUT2D eigenvalue weighted by Crippen LogP contribution is 2.54. The molecule has 3 rings (SSSR count). The Kier molecular flexibility index (Phi) is 5.35. The van der Waals surface area contributed by atoms with E-state index >= 15 is 0 Å². The molecule has 0 aromatic heterocycles. The molecule has 0 bridgehead atoms. The van der Waals surface area contributed by atoms with Gasteiger partial charge < -0.3 is 15.8 Å². The molecule has 0 radical (unpaired) electrons. The molecule has 2 atom stereocenters. The molecular formula is C17H25ClN2O2. The number of anilines is 1. The van der Waals surface area contributed by atoms with Crippen LogP contribution in [-0.4, -0.2) is 24.7 Å². The van der Waals surface area contributed by atoms with Crippen LogP contribution in [0, 0.1) is 5.41 Å². The van der Waals surface area contributed by atoms with Crippen molar-refractivity contribution in [3.05, 3.63) is 29.8 Å². The molecule has 22 heavy (non-hydrogen) atoms. The summed E-state index contributed by atoms with van der Waals surface area (Å²) in [5.74, 6) is -0.0562. The van der Waals surface area contributed by atoms with Gasteiger partial charge in [0.15, 0.2) is 0 Å². The van der Waals surface area contributed by atoms with Gasteiger partial charge in [-0.2, -0.15) is 0 Å². The highest BCUT2D eigenvalue weighted by atomic mass is 35.5. The van der Waals surface area contributed by atoms with Crippen molar-refractivity contribution in [1.29, 1.82) is 0 Å². The predicted molar refractivity (Wildman–Crippen MR) is 90.3 cm³/mol. The number of hydrogen-bond acceptors (Lipinski definition) is 3. The molecule has 2 aliphatic carbocycles. The Morgan fingerprint density at radius 2 is 2.05 bits per heavy atom. The zero-order chi connectivity index (χ0) is 14.9. The van der Waals surface area contributed by atoms with Gasteiger partial charge >= 0.3 is 0 Å². The van der Waals surface area contributed by atoms with E-state index in [1.807, 2.05) is 19.1 Å². The van der Waals surface area contributed by atoms with Crippen LogP contribution in [0.3, 0.4) is 0 Å². The molecule has 3 N–H and O–H groups in total. The monoisotopic (exact) mass is 324 g/mol. The van der Waals surface area contributed by atoms with E-state index in [1.165, 1.54) is 12.8 Å². The van der Waals surface area contributed by atoms with Crippen LogP contribution in [0.2, 0.25) is 0 Å². The zero-order valence-corrected chi connectivity index (χ0v) is 13.8. The summed E-state index contributed by atoms with van der Waals surface area (Å²) < 4.78 is 5.88. The van der Waals surface area contributed by atoms with Gasteiger partial charge in [-0.15, -0.1) is 12.4 Å². The fourth-order valence-corrected chi connectivity index (χ4v) is 4.03. The highest BCUT2D eigenvalue weighted by molar-refractivity contribution is 5.99. The number of hydrogen-bond donors (Lipinski definition) is 2. The highest BCUT2D eigenvalue weighted by Gasteiger charge is 2.57. The number of carbonyl (C=O) groups excluding carboxylic acids is 1. The van der Waals surface area contributed by atoms with Crippen molar-refractivity contribution < 1.29 is 9.53 Å². The van der Waals surface area contributed by atoms with Crippen molar-refractivity contribution in [1.82, 2.24) is 5.32 Å². The van der Waals surface area contributed by atoms with Crippen LogP contribution < -0.4 is 11.1 Å². The smallest absolute Gasteiger partial charge is 0.253 e. The van der Waals surface area contributed by atoms with Gasteiger partial charge in [-0.1, -0.05) is 25.0 Å². The van der Waals surface area contributed by atoms with E-state index in [9.17, 15) is 4.79 Å². The molecule has 1 aromatic rings. The molecule has 1 aromatic carbocycles. The molecule has 2 aliphatic rings. The number of para-hydroxylation sites is 1. The second kappa shape index (κ2) is 6.88. The number of halogens is 1. The summed E-state index contributed by atoms with van der Waals surface area (Å²) in [7, 11) is 0. The Hall–Kier alpha value is -1.26. The minimum Gasteiger partial charge on any atom is -0.398 e. The van der Waals surface area contributed by atoms with Crippen molar-refractivity contribution in [2.75, 3.05) is 12.3 Å². The van der Waals surface area contributed by atoms with Crippen molar-refractivity contribution in [2.45, 2.75) is 51.2 Å². The van der Waals surface area contributed by atoms with Crippen molar-refractivity contribution in [3.8, 4) is 0 Å². The van der Waals surface area contributed by atoms with Crippen LogP contribution in [0.25, 0.3) is 0 Å². The Morgan fingerprint density at radius 3 is 2.68 bits per heavy atom. The molecule has 2 fully saturated rings. The Bertz CT molecular complexity index is 529. The minimum atomic E-state index is -0.0562. The second-order valence-electron chi connectivity index (χ2n) is 6.23. The van der Waals surface area contributed by atoms with Gasteiger partial charge in [-0.05, 0) is 38.3 Å². The van der Waals surface area contributed by atoms with E-state index < -0.39 is 0 Å². The summed E-state index contributed by atoms with van der Waals surface area (Å²) in [6.07, 6.45) is 6.03. The van der Waals surface area contributed by atoms with E-state index in [0.717, 1.165) is 25.9 Å². The van der Waals surface area contributed by atoms with Crippen LogP contribution in [0.15, 0.2) is 24.3 Å². The Labute approximate surface area is 138 Å². The number of ether oxygens (including phenoxy) is 1. The fraction of sp³-hybridized carbons (Fsp3) is 0.588. The number of rotatable bonds is 4. The van der Waals surface area contributed by atoms with Crippen molar-refractivity contribution in [3.63, 3.8) is 0 Å². The van der Waals surface area contributed by atoms with Gasteiger partial charge in [0.2, 0.25) is 0 Å². The molecule has 0 saturated heterocycles. The first kappa shape index (κ1) is 17.1. The standard InChI is InChI=1S/C17H24N2O2.ClH/c1-2-21-15-11-14(17(15)9-5-6-10-17)19-16(20)12-7-3-4-8-13(12)18;/h3-4,7-8,14-15H,2,5-6,9-11,18H2,1H3,(H,19,20);1H. The van der Waals surface area contributed by atoms with Crippen molar-refractivity contribution in [2.24, 2.45) is 5.41 Å². The Balaban J connectivity index is 0.00000176. The van der Waals surface area contributed by atoms with Crippen LogP contribution >= 0.6 is 12.4 Å². The fourth-order valence-electron chi connectivity index (χ4n) is 4.03. The summed E-state index contributed by atoms with van der Waals surface area (Å²) in [5, 5.41) is 3.20. The summed E-state index contributed by atoms with van der Waals surface area (Å²) >= 11 is 0. The topological polar surface area (TPSA) is 64.3 Å². The van der Waals surface area contributed by atoms with E-state index in [4.69, 9.17) is 10.5 Å². The van der Waals surface area contributed by atoms with Crippen LogP contribution in [0.4, 0.5) is 5.69 Å². The molecule has 2 unspecified atom stereocenters. The molecule has 0 aliphatic heterocycles. The van der Waals surface area contributed by atoms with Gasteiger partial charge in [-0.25, -0.2) is 0 Å². The largest absolute Gasteiger partial charge is 0.398 e. The quantitative estimate of drug-likeness (QED) is 0.836. The number of benzene rings is 1. The molecule has 4 nitrogen and oxygen atoms in total. The van der Waals surface area contributed by atoms with E-state index in [2.05, 4.69) is 5.32 Å². The number of nitrogens with two attached hydrogens (primary N) is 1. The maximum Gasteiger partial charge on any atom is 0.253 e. The minimum absolute atomic E-state index is 0. The van der Waals surface area contributed by atoms with E-state index in [0.29, 0.717) is 17.4 Å². The molecule has 0 heterocycles.